The SMILES string of the molecule is COc1c2c(c(O)c3cc(CO)ccc13)C(O)=C1C(=O)[C@]3(O)C(O)=C(C(N)=O)C(=O)[C@@H](N(C)C)C3C[C@@H]1C2. The highest BCUT2D eigenvalue weighted by Gasteiger charge is 2.64. The predicted molar refractivity (Wildman–Crippen MR) is 134 cm³/mol. The highest BCUT2D eigenvalue weighted by Crippen LogP contribution is 2.55. The van der Waals surface area contributed by atoms with E-state index in [0.29, 0.717) is 22.3 Å². The number of benzene rings is 2. The van der Waals surface area contributed by atoms with E-state index in [1.54, 1.807) is 26.2 Å². The van der Waals surface area contributed by atoms with Gasteiger partial charge in [-0.3, -0.25) is 19.3 Å². The fourth-order valence-corrected chi connectivity index (χ4v) is 6.45. The van der Waals surface area contributed by atoms with Crippen LogP contribution in [0.5, 0.6) is 11.5 Å². The summed E-state index contributed by atoms with van der Waals surface area (Å²) in [6.45, 7) is -0.295. The number of hydrogen-bond acceptors (Lipinski definition) is 10. The number of phenols is 1. The normalized spacial score (nSPS) is 26.9. The van der Waals surface area contributed by atoms with Crippen molar-refractivity contribution < 1.29 is 44.7 Å². The van der Waals surface area contributed by atoms with Crippen molar-refractivity contribution in [2.45, 2.75) is 31.1 Å². The number of ether oxygens (including phenoxy) is 1. The van der Waals surface area contributed by atoms with Crippen molar-refractivity contribution in [3.05, 3.63) is 51.8 Å². The summed E-state index contributed by atoms with van der Waals surface area (Å²) in [5.41, 5.74) is 2.39. The maximum Gasteiger partial charge on any atom is 0.255 e. The summed E-state index contributed by atoms with van der Waals surface area (Å²) in [5.74, 6) is -6.78. The molecule has 0 heterocycles. The van der Waals surface area contributed by atoms with Crippen LogP contribution in [0.2, 0.25) is 0 Å². The lowest BCUT2D eigenvalue weighted by Gasteiger charge is -2.50. The molecule has 11 heteroatoms. The number of ketones is 2. The second kappa shape index (κ2) is 8.55. The van der Waals surface area contributed by atoms with Crippen LogP contribution in [-0.2, 0) is 27.4 Å². The highest BCUT2D eigenvalue weighted by atomic mass is 16.5. The molecule has 0 aromatic heterocycles. The molecule has 1 amide bonds. The largest absolute Gasteiger partial charge is 0.508 e. The van der Waals surface area contributed by atoms with Crippen LogP contribution in [0.3, 0.4) is 0 Å². The summed E-state index contributed by atoms with van der Waals surface area (Å²) in [6.07, 6.45) is 0.0973. The molecule has 1 unspecified atom stereocenters. The molecule has 1 fully saturated rings. The summed E-state index contributed by atoms with van der Waals surface area (Å²) >= 11 is 0. The minimum Gasteiger partial charge on any atom is -0.508 e. The molecule has 0 saturated heterocycles. The number of Topliss-reactive ketones (excluding diaryl/α,β-unsaturated/α-hetero) is 2. The van der Waals surface area contributed by atoms with Gasteiger partial charge in [0.2, 0.25) is 5.78 Å². The second-order valence-electron chi connectivity index (χ2n) is 10.2. The maximum atomic E-state index is 13.9. The Kier molecular flexibility index (Phi) is 5.78. The zero-order chi connectivity index (χ0) is 27.8. The van der Waals surface area contributed by atoms with Crippen molar-refractivity contribution in [1.82, 2.24) is 4.90 Å². The Morgan fingerprint density at radius 3 is 2.45 bits per heavy atom. The van der Waals surface area contributed by atoms with E-state index < -0.39 is 58.0 Å². The van der Waals surface area contributed by atoms with E-state index in [0.717, 1.165) is 0 Å². The Morgan fingerprint density at radius 2 is 1.87 bits per heavy atom. The number of aliphatic hydroxyl groups is 4. The van der Waals surface area contributed by atoms with Crippen molar-refractivity contribution in [3.8, 4) is 11.5 Å². The Labute approximate surface area is 217 Å². The molecule has 3 aliphatic rings. The van der Waals surface area contributed by atoms with E-state index in [1.807, 2.05) is 0 Å². The summed E-state index contributed by atoms with van der Waals surface area (Å²) in [5, 5.41) is 55.6. The number of carbonyl (C=O) groups excluding carboxylic acids is 3. The molecular formula is C27H28N2O9. The first-order chi connectivity index (χ1) is 17.9. The van der Waals surface area contributed by atoms with Crippen LogP contribution < -0.4 is 10.5 Å². The minimum absolute atomic E-state index is 0.0167. The van der Waals surface area contributed by atoms with Gasteiger partial charge >= 0.3 is 0 Å². The fraction of sp³-hybridized carbons (Fsp3) is 0.370. The smallest absolute Gasteiger partial charge is 0.255 e. The third-order valence-electron chi connectivity index (χ3n) is 8.10. The van der Waals surface area contributed by atoms with Gasteiger partial charge in [-0.15, -0.1) is 0 Å². The van der Waals surface area contributed by atoms with Crippen LogP contribution in [0.1, 0.15) is 23.1 Å². The van der Waals surface area contributed by atoms with Crippen LogP contribution in [-0.4, -0.2) is 80.8 Å². The van der Waals surface area contributed by atoms with Crippen molar-refractivity contribution in [2.75, 3.05) is 21.2 Å². The number of phenolic OH excluding ortho intramolecular Hbond substituents is 1. The van der Waals surface area contributed by atoms with E-state index in [9.17, 15) is 39.9 Å². The van der Waals surface area contributed by atoms with Gasteiger partial charge in [0.15, 0.2) is 11.4 Å². The van der Waals surface area contributed by atoms with Crippen LogP contribution in [0.15, 0.2) is 35.1 Å². The molecule has 1 saturated carbocycles. The lowest BCUT2D eigenvalue weighted by molar-refractivity contribution is -0.153. The summed E-state index contributed by atoms with van der Waals surface area (Å²) in [4.78, 5) is 40.6. The molecule has 0 aliphatic heterocycles. The first-order valence-corrected chi connectivity index (χ1v) is 12.0. The first kappa shape index (κ1) is 25.7. The monoisotopic (exact) mass is 524 g/mol. The zero-order valence-electron chi connectivity index (χ0n) is 21.0. The van der Waals surface area contributed by atoms with E-state index >= 15 is 0 Å². The van der Waals surface area contributed by atoms with Crippen LogP contribution in [0.4, 0.5) is 0 Å². The number of nitrogens with zero attached hydrogens (tertiary/aromatic N) is 1. The number of aromatic hydroxyl groups is 1. The molecule has 2 aromatic rings. The topological polar surface area (TPSA) is 191 Å². The van der Waals surface area contributed by atoms with Gasteiger partial charge in [-0.05, 0) is 44.5 Å². The van der Waals surface area contributed by atoms with Crippen LogP contribution in [0, 0.1) is 11.8 Å². The van der Waals surface area contributed by atoms with Gasteiger partial charge in [0.1, 0.15) is 28.6 Å². The molecule has 2 aromatic carbocycles. The number of fused-ring (bicyclic) bond motifs is 4. The van der Waals surface area contributed by atoms with Crippen molar-refractivity contribution in [1.29, 1.82) is 0 Å². The van der Waals surface area contributed by atoms with Crippen molar-refractivity contribution in [3.63, 3.8) is 0 Å². The Bertz CT molecular complexity index is 1510. The molecule has 3 aliphatic carbocycles. The molecule has 4 atom stereocenters. The Hall–Kier alpha value is -3.93. The summed E-state index contributed by atoms with van der Waals surface area (Å²) < 4.78 is 5.67. The number of aliphatic hydroxyl groups excluding tert-OH is 3. The molecule has 5 rings (SSSR count). The average molecular weight is 525 g/mol. The molecule has 0 radical (unpaired) electrons. The lowest BCUT2D eigenvalue weighted by atomic mass is 9.57. The van der Waals surface area contributed by atoms with E-state index in [2.05, 4.69) is 0 Å². The van der Waals surface area contributed by atoms with Crippen molar-refractivity contribution >= 4 is 34.0 Å². The predicted octanol–water partition coefficient (Wildman–Crippen LogP) is 0.618. The molecule has 11 nitrogen and oxygen atoms in total. The zero-order valence-corrected chi connectivity index (χ0v) is 21.0. The number of likely N-dealkylation sites (N-methyl/N-ethyl adjacent to an activating group) is 1. The van der Waals surface area contributed by atoms with Crippen LogP contribution >= 0.6 is 0 Å². The molecule has 38 heavy (non-hydrogen) atoms. The molecule has 0 spiro atoms. The second-order valence-corrected chi connectivity index (χ2v) is 10.2. The molecule has 7 N–H and O–H groups in total. The molecule has 0 bridgehead atoms. The molecular weight excluding hydrogens is 496 g/mol. The minimum atomic E-state index is -2.70. The Balaban J connectivity index is 1.80. The maximum absolute atomic E-state index is 13.9. The van der Waals surface area contributed by atoms with Gasteiger partial charge in [0, 0.05) is 27.8 Å². The van der Waals surface area contributed by atoms with E-state index in [1.165, 1.54) is 18.1 Å². The van der Waals surface area contributed by atoms with Gasteiger partial charge < -0.3 is 36.0 Å². The Morgan fingerprint density at radius 1 is 1.18 bits per heavy atom. The fourth-order valence-electron chi connectivity index (χ4n) is 6.45. The van der Waals surface area contributed by atoms with E-state index in [4.69, 9.17) is 10.5 Å². The lowest BCUT2D eigenvalue weighted by Crippen LogP contribution is -2.65. The summed E-state index contributed by atoms with van der Waals surface area (Å²) in [6, 6.07) is 3.73. The number of primary amides is 1. The standard InChI is InChI=1S/C27H28N2O9/c1-29(2)19-15-8-11-7-14-17(20(31)13-6-10(9-30)4-5-12(13)23(14)38-3)21(32)16(11)24(34)27(15,37)25(35)18(22(19)33)26(28)36/h4-6,11,15,19,30-32,35,37H,7-9H2,1-3H3,(H2,28,36)/t11-,15?,19-,27-/m0/s1. The molecule has 200 valence electrons. The highest BCUT2D eigenvalue weighted by molar-refractivity contribution is 6.24. The van der Waals surface area contributed by atoms with Gasteiger partial charge in [-0.1, -0.05) is 12.1 Å². The van der Waals surface area contributed by atoms with Gasteiger partial charge in [0.05, 0.1) is 25.3 Å². The average Bonchev–Trinajstić information content (AvgIpc) is 2.86. The third kappa shape index (κ3) is 3.15. The number of rotatable bonds is 4. The number of hydrogen-bond donors (Lipinski definition) is 6. The van der Waals surface area contributed by atoms with Crippen LogP contribution in [0.25, 0.3) is 16.5 Å². The quantitative estimate of drug-likeness (QED) is 0.309. The van der Waals surface area contributed by atoms with E-state index in [-0.39, 0.29) is 41.7 Å². The van der Waals surface area contributed by atoms with Gasteiger partial charge in [-0.25, -0.2) is 0 Å². The number of methoxy groups -OCH3 is 1. The first-order valence-electron chi connectivity index (χ1n) is 12.0. The number of carbonyl (C=O) groups is 3. The number of amides is 1. The van der Waals surface area contributed by atoms with Gasteiger partial charge in [-0.2, -0.15) is 0 Å². The van der Waals surface area contributed by atoms with Crippen molar-refractivity contribution in [2.24, 2.45) is 17.6 Å². The number of nitrogens with two attached hydrogens (primary N) is 1. The third-order valence-corrected chi connectivity index (χ3v) is 8.10. The summed E-state index contributed by atoms with van der Waals surface area (Å²) in [7, 11) is 4.52. The van der Waals surface area contributed by atoms with Gasteiger partial charge in [0.25, 0.3) is 5.91 Å².